The topological polar surface area (TPSA) is 116 Å². The summed E-state index contributed by atoms with van der Waals surface area (Å²) in [5.41, 5.74) is 3.82. The second-order valence-electron chi connectivity index (χ2n) is 5.51. The van der Waals surface area contributed by atoms with Gasteiger partial charge in [-0.25, -0.2) is 9.78 Å². The van der Waals surface area contributed by atoms with Crippen molar-refractivity contribution in [3.8, 4) is 5.75 Å². The molecule has 0 aliphatic rings. The van der Waals surface area contributed by atoms with Crippen LogP contribution in [0.25, 0.3) is 10.2 Å². The second-order valence-corrected chi connectivity index (χ2v) is 6.40. The Morgan fingerprint density at radius 2 is 2.08 bits per heavy atom. The molecule has 0 atom stereocenters. The molecule has 4 aromatic rings. The predicted octanol–water partition coefficient (Wildman–Crippen LogP) is 2.84. The van der Waals surface area contributed by atoms with Crippen LogP contribution < -0.4 is 16.3 Å². The van der Waals surface area contributed by atoms with Gasteiger partial charge < -0.3 is 15.7 Å². The molecule has 0 aliphatic carbocycles. The van der Waals surface area contributed by atoms with Crippen LogP contribution in [0.2, 0.25) is 0 Å². The van der Waals surface area contributed by atoms with Gasteiger partial charge in [0.05, 0.1) is 15.7 Å². The van der Waals surface area contributed by atoms with Crippen molar-refractivity contribution >= 4 is 39.1 Å². The summed E-state index contributed by atoms with van der Waals surface area (Å²) >= 11 is 1.54. The molecule has 4 N–H and O–H groups in total. The van der Waals surface area contributed by atoms with Crippen molar-refractivity contribution in [2.24, 2.45) is 0 Å². The van der Waals surface area contributed by atoms with Crippen molar-refractivity contribution in [3.63, 3.8) is 0 Å². The van der Waals surface area contributed by atoms with E-state index in [2.05, 4.69) is 30.6 Å². The smallest absolute Gasteiger partial charge is 0.351 e. The molecule has 0 fully saturated rings. The van der Waals surface area contributed by atoms with Crippen molar-refractivity contribution in [3.05, 3.63) is 64.0 Å². The number of H-pyrrole nitrogens is 1. The van der Waals surface area contributed by atoms with Gasteiger partial charge in [-0.3, -0.25) is 4.98 Å². The van der Waals surface area contributed by atoms with Crippen molar-refractivity contribution in [2.45, 2.75) is 6.54 Å². The van der Waals surface area contributed by atoms with E-state index >= 15 is 0 Å². The highest BCUT2D eigenvalue weighted by Crippen LogP contribution is 2.23. The Morgan fingerprint density at radius 3 is 2.96 bits per heavy atom. The highest BCUT2D eigenvalue weighted by Gasteiger charge is 2.05. The van der Waals surface area contributed by atoms with Crippen LogP contribution in [0.5, 0.6) is 5.75 Å². The summed E-state index contributed by atoms with van der Waals surface area (Å²) in [7, 11) is 0. The summed E-state index contributed by atoms with van der Waals surface area (Å²) in [5, 5.41) is 15.5. The standard InChI is InChI=1S/C17H14N6O2S/c24-12-3-1-2-10(6-12)8-18-15-21-16(23-17(25)22-15)20-11-4-5-13-14(7-11)26-9-19-13/h1-7,9,24H,8H2,(H3,18,20,21,22,23,25). The summed E-state index contributed by atoms with van der Waals surface area (Å²) in [6.45, 7) is 0.379. The normalized spacial score (nSPS) is 10.8. The molecule has 2 heterocycles. The van der Waals surface area contributed by atoms with Crippen molar-refractivity contribution < 1.29 is 5.11 Å². The van der Waals surface area contributed by atoms with E-state index in [1.54, 1.807) is 23.7 Å². The molecule has 130 valence electrons. The summed E-state index contributed by atoms with van der Waals surface area (Å²) in [6.07, 6.45) is 0. The quantitative estimate of drug-likeness (QED) is 0.429. The molecule has 8 nitrogen and oxygen atoms in total. The Kier molecular flexibility index (Phi) is 4.20. The third-order valence-corrected chi connectivity index (χ3v) is 4.40. The van der Waals surface area contributed by atoms with Gasteiger partial charge in [0.25, 0.3) is 0 Å². The fraction of sp³-hybridized carbons (Fsp3) is 0.0588. The number of aromatic amines is 1. The van der Waals surface area contributed by atoms with Crippen LogP contribution in [0.3, 0.4) is 0 Å². The maximum Gasteiger partial charge on any atom is 0.351 e. The van der Waals surface area contributed by atoms with Gasteiger partial charge in [-0.05, 0) is 35.9 Å². The molecular weight excluding hydrogens is 352 g/mol. The number of hydrogen-bond donors (Lipinski definition) is 4. The van der Waals surface area contributed by atoms with E-state index in [1.165, 1.54) is 11.3 Å². The third kappa shape index (κ3) is 3.62. The zero-order valence-electron chi connectivity index (χ0n) is 13.4. The van der Waals surface area contributed by atoms with Gasteiger partial charge in [-0.2, -0.15) is 9.97 Å². The number of phenolic OH excluding ortho intramolecular Hbond substituents is 1. The van der Waals surface area contributed by atoms with E-state index in [9.17, 15) is 9.90 Å². The van der Waals surface area contributed by atoms with Crippen LogP contribution in [0.15, 0.2) is 52.8 Å². The van der Waals surface area contributed by atoms with Gasteiger partial charge >= 0.3 is 5.69 Å². The lowest BCUT2D eigenvalue weighted by Gasteiger charge is -2.08. The van der Waals surface area contributed by atoms with E-state index in [0.717, 1.165) is 21.5 Å². The molecule has 0 unspecified atom stereocenters. The van der Waals surface area contributed by atoms with Gasteiger partial charge in [-0.15, -0.1) is 11.3 Å². The molecule has 4 rings (SSSR count). The minimum atomic E-state index is -0.514. The maximum absolute atomic E-state index is 11.8. The monoisotopic (exact) mass is 366 g/mol. The summed E-state index contributed by atoms with van der Waals surface area (Å²) in [5.74, 6) is 0.655. The van der Waals surface area contributed by atoms with E-state index in [1.807, 2.05) is 24.3 Å². The maximum atomic E-state index is 11.8. The third-order valence-electron chi connectivity index (χ3n) is 3.61. The van der Waals surface area contributed by atoms with Crippen LogP contribution in [-0.2, 0) is 6.54 Å². The van der Waals surface area contributed by atoms with Crippen LogP contribution in [0, 0.1) is 0 Å². The SMILES string of the molecule is O=c1nc(NCc2cccc(O)c2)nc(Nc2ccc3ncsc3c2)[nH]1. The van der Waals surface area contributed by atoms with Gasteiger partial charge in [-0.1, -0.05) is 12.1 Å². The number of nitrogens with zero attached hydrogens (tertiary/aromatic N) is 3. The number of rotatable bonds is 5. The minimum absolute atomic E-state index is 0.178. The molecule has 0 radical (unpaired) electrons. The first-order chi connectivity index (χ1) is 12.7. The van der Waals surface area contributed by atoms with Crippen molar-refractivity contribution in [2.75, 3.05) is 10.6 Å². The first kappa shape index (κ1) is 16.0. The van der Waals surface area contributed by atoms with Crippen molar-refractivity contribution in [1.29, 1.82) is 0 Å². The molecule has 2 aromatic heterocycles. The minimum Gasteiger partial charge on any atom is -0.508 e. The fourth-order valence-electron chi connectivity index (χ4n) is 2.44. The average Bonchev–Trinajstić information content (AvgIpc) is 3.07. The molecule has 0 aliphatic heterocycles. The van der Waals surface area contributed by atoms with E-state index in [-0.39, 0.29) is 17.6 Å². The molecule has 26 heavy (non-hydrogen) atoms. The Hall–Kier alpha value is -3.46. The highest BCUT2D eigenvalue weighted by molar-refractivity contribution is 7.16. The lowest BCUT2D eigenvalue weighted by molar-refractivity contribution is 0.474. The van der Waals surface area contributed by atoms with Gasteiger partial charge in [0.15, 0.2) is 0 Å². The molecule has 0 spiro atoms. The Bertz CT molecular complexity index is 1120. The largest absolute Gasteiger partial charge is 0.508 e. The van der Waals surface area contributed by atoms with Gasteiger partial charge in [0.1, 0.15) is 5.75 Å². The lowest BCUT2D eigenvalue weighted by Crippen LogP contribution is -2.17. The number of aromatic hydroxyl groups is 1. The zero-order valence-corrected chi connectivity index (χ0v) is 14.2. The van der Waals surface area contributed by atoms with E-state index < -0.39 is 5.69 Å². The predicted molar refractivity (Wildman–Crippen MR) is 101 cm³/mol. The Labute approximate surface area is 151 Å². The number of fused-ring (bicyclic) bond motifs is 1. The molecule has 2 aromatic carbocycles. The Morgan fingerprint density at radius 1 is 1.15 bits per heavy atom. The summed E-state index contributed by atoms with van der Waals surface area (Å²) in [4.78, 5) is 26.7. The number of hydrogen-bond acceptors (Lipinski definition) is 8. The van der Waals surface area contributed by atoms with Crippen molar-refractivity contribution in [1.82, 2.24) is 19.9 Å². The molecule has 0 bridgehead atoms. The van der Waals surface area contributed by atoms with Crippen LogP contribution in [0.1, 0.15) is 5.56 Å². The van der Waals surface area contributed by atoms with Gasteiger partial charge in [0.2, 0.25) is 11.9 Å². The van der Waals surface area contributed by atoms with Gasteiger partial charge in [0, 0.05) is 12.2 Å². The molecular formula is C17H14N6O2S. The fourth-order valence-corrected chi connectivity index (χ4v) is 3.16. The van der Waals surface area contributed by atoms with E-state index in [4.69, 9.17) is 0 Å². The highest BCUT2D eigenvalue weighted by atomic mass is 32.1. The zero-order chi connectivity index (χ0) is 17.9. The average molecular weight is 366 g/mol. The van der Waals surface area contributed by atoms with E-state index in [0.29, 0.717) is 6.54 Å². The summed E-state index contributed by atoms with van der Waals surface area (Å²) in [6, 6.07) is 12.5. The number of aromatic nitrogens is 4. The Balaban J connectivity index is 1.52. The van der Waals surface area contributed by atoms with Crippen LogP contribution in [0.4, 0.5) is 17.6 Å². The summed E-state index contributed by atoms with van der Waals surface area (Å²) < 4.78 is 1.04. The number of nitrogens with one attached hydrogen (secondary N) is 3. The first-order valence-electron chi connectivity index (χ1n) is 7.76. The number of thiazole rings is 1. The number of anilines is 3. The number of benzene rings is 2. The number of phenols is 1. The molecule has 0 amide bonds. The molecule has 9 heteroatoms. The first-order valence-corrected chi connectivity index (χ1v) is 8.64. The molecule has 0 saturated carbocycles. The van der Waals surface area contributed by atoms with Crippen LogP contribution in [-0.4, -0.2) is 25.0 Å². The molecule has 0 saturated heterocycles. The second kappa shape index (κ2) is 6.81. The lowest BCUT2D eigenvalue weighted by atomic mass is 10.2. The van der Waals surface area contributed by atoms with Crippen LogP contribution >= 0.6 is 11.3 Å².